The highest BCUT2D eigenvalue weighted by molar-refractivity contribution is 8.02. The molecule has 5 nitrogen and oxygen atoms in total. The Hall–Kier alpha value is -1.83. The fraction of sp³-hybridized carbons (Fsp3) is 0.133. The SMILES string of the molecule is O=C1CSc2sc3c(=O)n(Cc4ccc(Cl)cc4)cnc3c2N1. The van der Waals surface area contributed by atoms with Crippen LogP contribution in [0.25, 0.3) is 10.2 Å². The molecule has 0 radical (unpaired) electrons. The molecule has 116 valence electrons. The van der Waals surface area contributed by atoms with Crippen LogP contribution in [0, 0.1) is 0 Å². The average molecular weight is 364 g/mol. The van der Waals surface area contributed by atoms with Crippen LogP contribution in [0.3, 0.4) is 0 Å². The minimum atomic E-state index is -0.0980. The molecule has 1 aliphatic heterocycles. The number of thiophene rings is 1. The van der Waals surface area contributed by atoms with E-state index in [0.717, 1.165) is 9.77 Å². The second-order valence-corrected chi connectivity index (χ2v) is 7.78. The molecule has 0 unspecified atom stereocenters. The average Bonchev–Trinajstić information content (AvgIpc) is 2.91. The third kappa shape index (κ3) is 2.65. The van der Waals surface area contributed by atoms with Crippen LogP contribution in [0.15, 0.2) is 39.6 Å². The minimum absolute atomic E-state index is 0.0608. The van der Waals surface area contributed by atoms with E-state index in [0.29, 0.717) is 33.2 Å². The monoisotopic (exact) mass is 363 g/mol. The van der Waals surface area contributed by atoms with Crippen molar-refractivity contribution in [3.63, 3.8) is 0 Å². The summed E-state index contributed by atoms with van der Waals surface area (Å²) in [7, 11) is 0. The number of rotatable bonds is 2. The number of hydrogen-bond donors (Lipinski definition) is 1. The summed E-state index contributed by atoms with van der Waals surface area (Å²) in [6, 6.07) is 7.36. The topological polar surface area (TPSA) is 64.0 Å². The molecule has 0 saturated heterocycles. The van der Waals surface area contributed by atoms with E-state index in [9.17, 15) is 9.59 Å². The van der Waals surface area contributed by atoms with E-state index < -0.39 is 0 Å². The Morgan fingerprint density at radius 2 is 2.04 bits per heavy atom. The zero-order valence-electron chi connectivity index (χ0n) is 11.7. The first-order valence-electron chi connectivity index (χ1n) is 6.81. The predicted molar refractivity (Wildman–Crippen MR) is 93.8 cm³/mol. The van der Waals surface area contributed by atoms with Crippen LogP contribution < -0.4 is 10.9 Å². The normalized spacial score (nSPS) is 13.9. The Labute approximate surface area is 144 Å². The molecule has 1 aromatic carbocycles. The quantitative estimate of drug-likeness (QED) is 0.759. The first kappa shape index (κ1) is 14.7. The number of fused-ring (bicyclic) bond motifs is 3. The number of anilines is 1. The summed E-state index contributed by atoms with van der Waals surface area (Å²) in [6.07, 6.45) is 1.53. The van der Waals surface area contributed by atoms with Gasteiger partial charge in [0.05, 0.1) is 28.5 Å². The largest absolute Gasteiger partial charge is 0.322 e. The molecule has 1 aliphatic rings. The van der Waals surface area contributed by atoms with Gasteiger partial charge in [0.2, 0.25) is 5.91 Å². The van der Waals surface area contributed by atoms with Crippen LogP contribution >= 0.6 is 34.7 Å². The van der Waals surface area contributed by atoms with Crippen molar-refractivity contribution >= 4 is 56.5 Å². The number of nitrogens with one attached hydrogen (secondary N) is 1. The lowest BCUT2D eigenvalue weighted by molar-refractivity contribution is -0.113. The lowest BCUT2D eigenvalue weighted by Crippen LogP contribution is -2.21. The molecule has 0 aliphatic carbocycles. The minimum Gasteiger partial charge on any atom is -0.322 e. The number of aromatic nitrogens is 2. The van der Waals surface area contributed by atoms with E-state index in [2.05, 4.69) is 10.3 Å². The highest BCUT2D eigenvalue weighted by Gasteiger charge is 2.23. The first-order valence-corrected chi connectivity index (χ1v) is 8.99. The fourth-order valence-corrected chi connectivity index (χ4v) is 4.70. The fourth-order valence-electron chi connectivity index (χ4n) is 2.40. The number of carbonyl (C=O) groups is 1. The maximum atomic E-state index is 12.7. The van der Waals surface area contributed by atoms with Crippen LogP contribution in [-0.4, -0.2) is 21.2 Å². The number of hydrogen-bond acceptors (Lipinski definition) is 5. The smallest absolute Gasteiger partial charge is 0.271 e. The van der Waals surface area contributed by atoms with Gasteiger partial charge in [0.1, 0.15) is 10.2 Å². The van der Waals surface area contributed by atoms with Crippen molar-refractivity contribution in [2.24, 2.45) is 0 Å². The van der Waals surface area contributed by atoms with Crippen LogP contribution in [-0.2, 0) is 11.3 Å². The Bertz CT molecular complexity index is 979. The number of halogens is 1. The molecule has 0 atom stereocenters. The summed E-state index contributed by atoms with van der Waals surface area (Å²) in [6.45, 7) is 0.432. The third-order valence-electron chi connectivity index (χ3n) is 3.50. The molecular formula is C15H10ClN3O2S2. The molecule has 4 rings (SSSR count). The van der Waals surface area contributed by atoms with E-state index in [1.54, 1.807) is 16.7 Å². The van der Waals surface area contributed by atoms with Gasteiger partial charge in [0, 0.05) is 5.02 Å². The van der Waals surface area contributed by atoms with E-state index in [-0.39, 0.29) is 11.5 Å². The number of benzene rings is 1. The molecule has 0 spiro atoms. The first-order chi connectivity index (χ1) is 11.1. The van der Waals surface area contributed by atoms with Crippen LogP contribution in [0.1, 0.15) is 5.56 Å². The van der Waals surface area contributed by atoms with E-state index >= 15 is 0 Å². The molecule has 1 N–H and O–H groups in total. The van der Waals surface area contributed by atoms with Crippen LogP contribution in [0.2, 0.25) is 5.02 Å². The van der Waals surface area contributed by atoms with Crippen molar-refractivity contribution in [3.8, 4) is 0 Å². The zero-order chi connectivity index (χ0) is 16.0. The summed E-state index contributed by atoms with van der Waals surface area (Å²) >= 11 is 8.71. The lowest BCUT2D eigenvalue weighted by atomic mass is 10.2. The molecule has 2 aromatic heterocycles. The van der Waals surface area contributed by atoms with Gasteiger partial charge in [0.25, 0.3) is 5.56 Å². The molecule has 0 saturated carbocycles. The third-order valence-corrected chi connectivity index (χ3v) is 6.19. The van der Waals surface area contributed by atoms with Crippen molar-refractivity contribution in [1.82, 2.24) is 9.55 Å². The van der Waals surface area contributed by atoms with Crippen molar-refractivity contribution < 1.29 is 4.79 Å². The molecule has 23 heavy (non-hydrogen) atoms. The Balaban J connectivity index is 1.78. The van der Waals surface area contributed by atoms with Gasteiger partial charge in [-0.3, -0.25) is 14.2 Å². The maximum absolute atomic E-state index is 12.7. The van der Waals surface area contributed by atoms with E-state index in [4.69, 9.17) is 11.6 Å². The predicted octanol–water partition coefficient (Wildman–Crippen LogP) is 3.20. The molecular weight excluding hydrogens is 354 g/mol. The summed E-state index contributed by atoms with van der Waals surface area (Å²) in [5, 5.41) is 3.47. The summed E-state index contributed by atoms with van der Waals surface area (Å²) in [4.78, 5) is 28.6. The van der Waals surface area contributed by atoms with Crippen molar-refractivity contribution in [2.75, 3.05) is 11.1 Å². The van der Waals surface area contributed by atoms with Crippen molar-refractivity contribution in [3.05, 3.63) is 51.5 Å². The van der Waals surface area contributed by atoms with Gasteiger partial charge in [-0.25, -0.2) is 4.98 Å². The van der Waals surface area contributed by atoms with Gasteiger partial charge >= 0.3 is 0 Å². The number of carbonyl (C=O) groups excluding carboxylic acids is 1. The van der Waals surface area contributed by atoms with Crippen molar-refractivity contribution in [2.45, 2.75) is 10.8 Å². The summed E-state index contributed by atoms with van der Waals surface area (Å²) < 4.78 is 3.08. The van der Waals surface area contributed by atoms with Gasteiger partial charge in [0.15, 0.2) is 0 Å². The van der Waals surface area contributed by atoms with E-state index in [1.165, 1.54) is 29.4 Å². The molecule has 0 fully saturated rings. The Kier molecular flexibility index (Phi) is 3.63. The lowest BCUT2D eigenvalue weighted by Gasteiger charge is -2.11. The van der Waals surface area contributed by atoms with Gasteiger partial charge in [-0.1, -0.05) is 23.7 Å². The zero-order valence-corrected chi connectivity index (χ0v) is 14.1. The number of amides is 1. The highest BCUT2D eigenvalue weighted by atomic mass is 35.5. The highest BCUT2D eigenvalue weighted by Crippen LogP contribution is 2.42. The second-order valence-electron chi connectivity index (χ2n) is 5.08. The van der Waals surface area contributed by atoms with Crippen LogP contribution in [0.5, 0.6) is 0 Å². The van der Waals surface area contributed by atoms with Gasteiger partial charge in [-0.2, -0.15) is 0 Å². The summed E-state index contributed by atoms with van der Waals surface area (Å²) in [5.41, 5.74) is 2.12. The Morgan fingerprint density at radius 1 is 1.26 bits per heavy atom. The molecule has 8 heteroatoms. The molecule has 3 aromatic rings. The summed E-state index contributed by atoms with van der Waals surface area (Å²) in [5.74, 6) is 0.313. The molecule has 0 bridgehead atoms. The van der Waals surface area contributed by atoms with Gasteiger partial charge in [-0.15, -0.1) is 23.1 Å². The number of thioether (sulfide) groups is 1. The van der Waals surface area contributed by atoms with Gasteiger partial charge in [-0.05, 0) is 17.7 Å². The second kappa shape index (κ2) is 5.67. The number of nitrogens with zero attached hydrogens (tertiary/aromatic N) is 2. The van der Waals surface area contributed by atoms with Crippen LogP contribution in [0.4, 0.5) is 5.69 Å². The molecule has 1 amide bonds. The Morgan fingerprint density at radius 3 is 2.83 bits per heavy atom. The maximum Gasteiger partial charge on any atom is 0.271 e. The van der Waals surface area contributed by atoms with E-state index in [1.807, 2.05) is 12.1 Å². The van der Waals surface area contributed by atoms with Gasteiger partial charge < -0.3 is 5.32 Å². The molecule has 3 heterocycles. The van der Waals surface area contributed by atoms with Crippen molar-refractivity contribution in [1.29, 1.82) is 0 Å². The standard InChI is InChI=1S/C15H10ClN3O2S2/c16-9-3-1-8(2-4-9)5-19-7-17-11-12-15(22-6-10(20)18-12)23-13(11)14(19)21/h1-4,7H,5-6H2,(H,18,20).